The fraction of sp³-hybridized carbons (Fsp3) is 0.632. The van der Waals surface area contributed by atoms with E-state index < -0.39 is 5.41 Å². The third-order valence-electron chi connectivity index (χ3n) is 5.04. The number of rotatable bonds is 4. The van der Waals surface area contributed by atoms with Crippen LogP contribution in [0.1, 0.15) is 63.9 Å². The molecule has 2 unspecified atom stereocenters. The minimum absolute atomic E-state index is 0.0501. The molecule has 1 fully saturated rings. The summed E-state index contributed by atoms with van der Waals surface area (Å²) in [5.41, 5.74) is 0.705. The van der Waals surface area contributed by atoms with Crippen LogP contribution in [0.5, 0.6) is 0 Å². The zero-order valence-corrected chi connectivity index (χ0v) is 13.4. The molecule has 1 aliphatic carbocycles. The summed E-state index contributed by atoms with van der Waals surface area (Å²) >= 11 is 0. The molecule has 0 aliphatic heterocycles. The largest absolute Gasteiger partial charge is 0.468 e. The van der Waals surface area contributed by atoms with Crippen LogP contribution < -0.4 is 0 Å². The van der Waals surface area contributed by atoms with Crippen molar-refractivity contribution >= 4 is 5.97 Å². The highest BCUT2D eigenvalue weighted by atomic mass is 16.5. The van der Waals surface area contributed by atoms with Crippen molar-refractivity contribution < 1.29 is 9.53 Å². The van der Waals surface area contributed by atoms with Crippen molar-refractivity contribution in [1.82, 2.24) is 0 Å². The maximum Gasteiger partial charge on any atom is 0.316 e. The molecule has 2 nitrogen and oxygen atoms in total. The van der Waals surface area contributed by atoms with Crippen molar-refractivity contribution in [2.45, 2.75) is 63.7 Å². The normalized spacial score (nSPS) is 26.7. The van der Waals surface area contributed by atoms with Gasteiger partial charge in [-0.05, 0) is 30.7 Å². The van der Waals surface area contributed by atoms with Gasteiger partial charge in [0.15, 0.2) is 0 Å². The van der Waals surface area contributed by atoms with Crippen molar-refractivity contribution in [3.63, 3.8) is 0 Å². The van der Waals surface area contributed by atoms with Crippen molar-refractivity contribution in [2.75, 3.05) is 7.11 Å². The van der Waals surface area contributed by atoms with E-state index in [1.54, 1.807) is 0 Å². The lowest BCUT2D eigenvalue weighted by atomic mass is 9.69. The van der Waals surface area contributed by atoms with E-state index in [9.17, 15) is 4.79 Å². The summed E-state index contributed by atoms with van der Waals surface area (Å²) in [6.07, 6.45) is 9.17. The van der Waals surface area contributed by atoms with Gasteiger partial charge < -0.3 is 4.74 Å². The predicted octanol–water partition coefficient (Wildman–Crippen LogP) is 4.87. The van der Waals surface area contributed by atoms with Crippen LogP contribution in [0.3, 0.4) is 0 Å². The van der Waals surface area contributed by atoms with E-state index in [1.165, 1.54) is 32.8 Å². The highest BCUT2D eigenvalue weighted by Crippen LogP contribution is 2.40. The van der Waals surface area contributed by atoms with Crippen LogP contribution in [0, 0.1) is 5.92 Å². The molecular weight excluding hydrogens is 260 g/mol. The molecule has 0 radical (unpaired) electrons. The van der Waals surface area contributed by atoms with Crippen molar-refractivity contribution in [3.8, 4) is 0 Å². The maximum absolute atomic E-state index is 12.6. The first kappa shape index (κ1) is 16.1. The van der Waals surface area contributed by atoms with Gasteiger partial charge in [-0.1, -0.05) is 69.4 Å². The van der Waals surface area contributed by atoms with Crippen molar-refractivity contribution in [2.24, 2.45) is 5.92 Å². The van der Waals surface area contributed by atoms with Gasteiger partial charge in [0.25, 0.3) is 0 Å². The van der Waals surface area contributed by atoms with Gasteiger partial charge >= 0.3 is 5.97 Å². The molecule has 2 heteroatoms. The van der Waals surface area contributed by atoms with Gasteiger partial charge in [0.2, 0.25) is 0 Å². The smallest absolute Gasteiger partial charge is 0.316 e. The highest BCUT2D eigenvalue weighted by molar-refractivity contribution is 5.83. The van der Waals surface area contributed by atoms with Gasteiger partial charge in [-0.25, -0.2) is 0 Å². The number of carbonyl (C=O) groups is 1. The molecule has 0 spiro atoms. The van der Waals surface area contributed by atoms with E-state index >= 15 is 0 Å². The Kier molecular flexibility index (Phi) is 5.84. The standard InChI is InChI=1S/C19H28O2/c1-3-9-16-10-7-8-14-19(15-13-16,18(20)21-2)17-11-5-4-6-12-17/h4-6,11-12,16H,3,7-10,13-15H2,1-2H3. The van der Waals surface area contributed by atoms with Crippen LogP contribution in [0.25, 0.3) is 0 Å². The first-order valence-corrected chi connectivity index (χ1v) is 8.37. The molecule has 2 rings (SSSR count). The third kappa shape index (κ3) is 3.66. The molecule has 1 aromatic carbocycles. The Labute approximate surface area is 128 Å². The zero-order valence-electron chi connectivity index (χ0n) is 13.4. The minimum atomic E-state index is -0.428. The second-order valence-corrected chi connectivity index (χ2v) is 6.38. The number of hydrogen-bond donors (Lipinski definition) is 0. The Morgan fingerprint density at radius 2 is 1.95 bits per heavy atom. The highest BCUT2D eigenvalue weighted by Gasteiger charge is 2.41. The number of benzene rings is 1. The van der Waals surface area contributed by atoms with Crippen LogP contribution >= 0.6 is 0 Å². The molecule has 0 saturated heterocycles. The number of methoxy groups -OCH3 is 1. The molecule has 0 amide bonds. The molecule has 0 bridgehead atoms. The summed E-state index contributed by atoms with van der Waals surface area (Å²) in [7, 11) is 1.52. The summed E-state index contributed by atoms with van der Waals surface area (Å²) in [6, 6.07) is 10.3. The lowest BCUT2D eigenvalue weighted by molar-refractivity contribution is -0.148. The van der Waals surface area contributed by atoms with E-state index in [1.807, 2.05) is 18.2 Å². The first-order valence-electron chi connectivity index (χ1n) is 8.37. The lowest BCUT2D eigenvalue weighted by Gasteiger charge is -2.35. The second-order valence-electron chi connectivity index (χ2n) is 6.38. The predicted molar refractivity (Wildman–Crippen MR) is 86.2 cm³/mol. The lowest BCUT2D eigenvalue weighted by Crippen LogP contribution is -2.38. The Morgan fingerprint density at radius 1 is 1.19 bits per heavy atom. The fourth-order valence-electron chi connectivity index (χ4n) is 3.84. The molecule has 1 aliphatic rings. The van der Waals surface area contributed by atoms with E-state index in [0.29, 0.717) is 0 Å². The molecule has 0 heterocycles. The molecule has 116 valence electrons. The molecule has 0 aromatic heterocycles. The Balaban J connectivity index is 2.28. The van der Waals surface area contributed by atoms with Gasteiger partial charge in [-0.2, -0.15) is 0 Å². The summed E-state index contributed by atoms with van der Waals surface area (Å²) in [4.78, 5) is 12.6. The van der Waals surface area contributed by atoms with Gasteiger partial charge in [0.05, 0.1) is 12.5 Å². The number of hydrogen-bond acceptors (Lipinski definition) is 2. The molecule has 0 N–H and O–H groups in total. The summed E-state index contributed by atoms with van der Waals surface area (Å²) in [5.74, 6) is 0.717. The monoisotopic (exact) mass is 288 g/mol. The van der Waals surface area contributed by atoms with Crippen LogP contribution in [-0.4, -0.2) is 13.1 Å². The summed E-state index contributed by atoms with van der Waals surface area (Å²) < 4.78 is 5.20. The van der Waals surface area contributed by atoms with E-state index in [0.717, 1.165) is 37.2 Å². The quantitative estimate of drug-likeness (QED) is 0.739. The number of ether oxygens (including phenoxy) is 1. The third-order valence-corrected chi connectivity index (χ3v) is 5.04. The first-order chi connectivity index (χ1) is 10.2. The topological polar surface area (TPSA) is 26.3 Å². The van der Waals surface area contributed by atoms with Crippen LogP contribution in [0.2, 0.25) is 0 Å². The number of carbonyl (C=O) groups excluding carboxylic acids is 1. The second kappa shape index (κ2) is 7.63. The van der Waals surface area contributed by atoms with Crippen LogP contribution in [0.15, 0.2) is 30.3 Å². The minimum Gasteiger partial charge on any atom is -0.468 e. The van der Waals surface area contributed by atoms with Gasteiger partial charge in [-0.15, -0.1) is 0 Å². The van der Waals surface area contributed by atoms with Crippen molar-refractivity contribution in [3.05, 3.63) is 35.9 Å². The zero-order chi connectivity index (χ0) is 15.1. The Hall–Kier alpha value is -1.31. The molecule has 1 aromatic rings. The van der Waals surface area contributed by atoms with E-state index in [-0.39, 0.29) is 5.97 Å². The molecule has 1 saturated carbocycles. The fourth-order valence-corrected chi connectivity index (χ4v) is 3.84. The van der Waals surface area contributed by atoms with Crippen molar-refractivity contribution in [1.29, 1.82) is 0 Å². The summed E-state index contributed by atoms with van der Waals surface area (Å²) in [5, 5.41) is 0. The SMILES string of the molecule is CCCC1CCCCC(C(=O)OC)(c2ccccc2)CC1. The Morgan fingerprint density at radius 3 is 2.62 bits per heavy atom. The van der Waals surface area contributed by atoms with Crippen LogP contribution in [-0.2, 0) is 14.9 Å². The van der Waals surface area contributed by atoms with Crippen LogP contribution in [0.4, 0.5) is 0 Å². The van der Waals surface area contributed by atoms with E-state index in [4.69, 9.17) is 4.74 Å². The average Bonchev–Trinajstić information content (AvgIpc) is 2.51. The van der Waals surface area contributed by atoms with Gasteiger partial charge in [0, 0.05) is 0 Å². The summed E-state index contributed by atoms with van der Waals surface area (Å²) in [6.45, 7) is 2.25. The average molecular weight is 288 g/mol. The Bertz CT molecular complexity index is 440. The van der Waals surface area contributed by atoms with E-state index in [2.05, 4.69) is 19.1 Å². The maximum atomic E-state index is 12.6. The van der Waals surface area contributed by atoms with Gasteiger partial charge in [-0.3, -0.25) is 4.79 Å². The molecular formula is C19H28O2. The molecule has 21 heavy (non-hydrogen) atoms. The number of esters is 1. The molecule has 2 atom stereocenters. The van der Waals surface area contributed by atoms with Gasteiger partial charge in [0.1, 0.15) is 0 Å².